The normalized spacial score (nSPS) is 11.1. The molecule has 1 N–H and O–H groups in total. The van der Waals surface area contributed by atoms with Gasteiger partial charge >= 0.3 is 0 Å². The number of nitrogens with zero attached hydrogens (tertiary/aromatic N) is 3. The molecule has 0 amide bonds. The lowest BCUT2D eigenvalue weighted by Gasteiger charge is -2.10. The number of para-hydroxylation sites is 1. The minimum Gasteiger partial charge on any atom is -0.310 e. The Labute approximate surface area is 116 Å². The van der Waals surface area contributed by atoms with Crippen LogP contribution in [0, 0.1) is 5.92 Å². The van der Waals surface area contributed by atoms with Gasteiger partial charge in [-0.3, -0.25) is 0 Å². The molecule has 5 heteroatoms. The van der Waals surface area contributed by atoms with E-state index >= 15 is 0 Å². The quantitative estimate of drug-likeness (QED) is 0.923. The number of hydrogen-bond acceptors (Lipinski definition) is 3. The molecule has 2 rings (SSSR count). The third kappa shape index (κ3) is 3.17. The highest BCUT2D eigenvalue weighted by molar-refractivity contribution is 9.10. The Kier molecular flexibility index (Phi) is 4.49. The highest BCUT2D eigenvalue weighted by atomic mass is 79.9. The van der Waals surface area contributed by atoms with Gasteiger partial charge in [-0.05, 0) is 40.5 Å². The summed E-state index contributed by atoms with van der Waals surface area (Å²) in [7, 11) is 0. The monoisotopic (exact) mass is 308 g/mol. The van der Waals surface area contributed by atoms with Crippen LogP contribution < -0.4 is 5.32 Å². The van der Waals surface area contributed by atoms with Crippen LogP contribution >= 0.6 is 15.9 Å². The fourth-order valence-electron chi connectivity index (χ4n) is 1.68. The third-order valence-corrected chi connectivity index (χ3v) is 3.21. The lowest BCUT2D eigenvalue weighted by atomic mass is 10.2. The minimum absolute atomic E-state index is 0.629. The van der Waals surface area contributed by atoms with Crippen LogP contribution in [0.1, 0.15) is 19.7 Å². The molecule has 1 aromatic carbocycles. The molecule has 0 atom stereocenters. The number of nitrogens with one attached hydrogen (secondary N) is 1. The van der Waals surface area contributed by atoms with E-state index in [4.69, 9.17) is 0 Å². The van der Waals surface area contributed by atoms with E-state index in [1.165, 1.54) is 0 Å². The van der Waals surface area contributed by atoms with Gasteiger partial charge in [-0.25, -0.2) is 9.67 Å². The smallest absolute Gasteiger partial charge is 0.146 e. The van der Waals surface area contributed by atoms with Crippen LogP contribution in [0.4, 0.5) is 0 Å². The second-order valence-electron chi connectivity index (χ2n) is 4.56. The Morgan fingerprint density at radius 2 is 2.11 bits per heavy atom. The topological polar surface area (TPSA) is 42.7 Å². The van der Waals surface area contributed by atoms with Gasteiger partial charge < -0.3 is 5.32 Å². The van der Waals surface area contributed by atoms with Gasteiger partial charge in [0.05, 0.1) is 12.2 Å². The Morgan fingerprint density at radius 3 is 2.83 bits per heavy atom. The molecule has 1 heterocycles. The largest absolute Gasteiger partial charge is 0.310 e. The highest BCUT2D eigenvalue weighted by Gasteiger charge is 2.08. The van der Waals surface area contributed by atoms with Gasteiger partial charge in [0.2, 0.25) is 0 Å². The van der Waals surface area contributed by atoms with Gasteiger partial charge in [0.15, 0.2) is 0 Å². The summed E-state index contributed by atoms with van der Waals surface area (Å²) in [5, 5.41) is 7.66. The van der Waals surface area contributed by atoms with Crippen molar-refractivity contribution in [1.29, 1.82) is 0 Å². The maximum Gasteiger partial charge on any atom is 0.146 e. The van der Waals surface area contributed by atoms with Gasteiger partial charge in [0.1, 0.15) is 12.2 Å². The molecule has 0 aliphatic carbocycles. The van der Waals surface area contributed by atoms with Crippen LogP contribution in [0.3, 0.4) is 0 Å². The first-order valence-corrected chi connectivity index (χ1v) is 6.82. The minimum atomic E-state index is 0.629. The molecule has 1 aromatic heterocycles. The summed E-state index contributed by atoms with van der Waals surface area (Å²) in [6, 6.07) is 8.00. The van der Waals surface area contributed by atoms with E-state index in [9.17, 15) is 0 Å². The molecular weight excluding hydrogens is 292 g/mol. The fraction of sp³-hybridized carbons (Fsp3) is 0.385. The van der Waals surface area contributed by atoms with E-state index in [1.54, 1.807) is 6.33 Å². The van der Waals surface area contributed by atoms with Crippen LogP contribution in [-0.2, 0) is 6.54 Å². The fourth-order valence-corrected chi connectivity index (χ4v) is 2.14. The summed E-state index contributed by atoms with van der Waals surface area (Å²) in [5.41, 5.74) is 1.01. The second kappa shape index (κ2) is 6.11. The molecule has 18 heavy (non-hydrogen) atoms. The number of rotatable bonds is 5. The van der Waals surface area contributed by atoms with E-state index in [0.717, 1.165) is 29.1 Å². The molecule has 0 fully saturated rings. The van der Waals surface area contributed by atoms with E-state index in [0.29, 0.717) is 5.92 Å². The maximum absolute atomic E-state index is 4.30. The van der Waals surface area contributed by atoms with Crippen LogP contribution in [0.5, 0.6) is 0 Å². The summed E-state index contributed by atoms with van der Waals surface area (Å²) in [4.78, 5) is 4.30. The van der Waals surface area contributed by atoms with Gasteiger partial charge in [0.25, 0.3) is 0 Å². The van der Waals surface area contributed by atoms with Crippen LogP contribution in [0.15, 0.2) is 35.1 Å². The average molecular weight is 309 g/mol. The SMILES string of the molecule is CC(C)CNCc1ncnn1-c1ccccc1Br. The molecule has 0 aliphatic heterocycles. The van der Waals surface area contributed by atoms with Crippen LogP contribution in [0.2, 0.25) is 0 Å². The number of hydrogen-bond donors (Lipinski definition) is 1. The van der Waals surface area contributed by atoms with E-state index < -0.39 is 0 Å². The maximum atomic E-state index is 4.30. The number of aromatic nitrogens is 3. The Hall–Kier alpha value is -1.20. The predicted octanol–water partition coefficient (Wildman–Crippen LogP) is 2.78. The molecule has 0 saturated carbocycles. The molecule has 96 valence electrons. The second-order valence-corrected chi connectivity index (χ2v) is 5.42. The molecule has 0 unspecified atom stereocenters. The number of halogens is 1. The van der Waals surface area contributed by atoms with Gasteiger partial charge in [-0.2, -0.15) is 5.10 Å². The molecule has 2 aromatic rings. The van der Waals surface area contributed by atoms with E-state index in [1.807, 2.05) is 28.9 Å². The first-order chi connectivity index (χ1) is 8.68. The van der Waals surface area contributed by atoms with Crippen molar-refractivity contribution in [1.82, 2.24) is 20.1 Å². The molecule has 0 spiro atoms. The first-order valence-electron chi connectivity index (χ1n) is 6.03. The summed E-state index contributed by atoms with van der Waals surface area (Å²) in [6.45, 7) is 6.07. The average Bonchev–Trinajstić information content (AvgIpc) is 2.77. The molecule has 0 aliphatic rings. The van der Waals surface area contributed by atoms with Crippen molar-refractivity contribution in [2.75, 3.05) is 6.54 Å². The summed E-state index contributed by atoms with van der Waals surface area (Å²) in [6.07, 6.45) is 1.59. The van der Waals surface area contributed by atoms with E-state index in [-0.39, 0.29) is 0 Å². The molecule has 0 bridgehead atoms. The molecule has 0 radical (unpaired) electrons. The van der Waals surface area contributed by atoms with E-state index in [2.05, 4.69) is 45.2 Å². The van der Waals surface area contributed by atoms with Gasteiger partial charge in [0, 0.05) is 4.47 Å². The van der Waals surface area contributed by atoms with Gasteiger partial charge in [-0.15, -0.1) is 0 Å². The van der Waals surface area contributed by atoms with Crippen molar-refractivity contribution in [2.45, 2.75) is 20.4 Å². The van der Waals surface area contributed by atoms with Crippen LogP contribution in [-0.4, -0.2) is 21.3 Å². The molecular formula is C13H17BrN4. The Morgan fingerprint density at radius 1 is 1.33 bits per heavy atom. The standard InChI is InChI=1S/C13H17BrN4/c1-10(2)7-15-8-13-16-9-17-18(13)12-6-4-3-5-11(12)14/h3-6,9-10,15H,7-8H2,1-2H3. The summed E-state index contributed by atoms with van der Waals surface area (Å²) in [5.74, 6) is 1.55. The first kappa shape index (κ1) is 13.2. The van der Waals surface area contributed by atoms with Crippen molar-refractivity contribution in [3.8, 4) is 5.69 Å². The summed E-state index contributed by atoms with van der Waals surface area (Å²) >= 11 is 3.53. The number of benzene rings is 1. The molecule has 0 saturated heterocycles. The van der Waals surface area contributed by atoms with Crippen LogP contribution in [0.25, 0.3) is 5.69 Å². The lowest BCUT2D eigenvalue weighted by molar-refractivity contribution is 0.537. The van der Waals surface area contributed by atoms with Gasteiger partial charge in [-0.1, -0.05) is 26.0 Å². The van der Waals surface area contributed by atoms with Crippen molar-refractivity contribution >= 4 is 15.9 Å². The van der Waals surface area contributed by atoms with Crippen molar-refractivity contribution < 1.29 is 0 Å². The zero-order chi connectivity index (χ0) is 13.0. The lowest BCUT2D eigenvalue weighted by Crippen LogP contribution is -2.21. The zero-order valence-electron chi connectivity index (χ0n) is 10.6. The van der Waals surface area contributed by atoms with Crippen molar-refractivity contribution in [2.24, 2.45) is 5.92 Å². The predicted molar refractivity (Wildman–Crippen MR) is 75.6 cm³/mol. The Bertz CT molecular complexity index is 507. The zero-order valence-corrected chi connectivity index (χ0v) is 12.2. The summed E-state index contributed by atoms with van der Waals surface area (Å²) < 4.78 is 2.87. The Balaban J connectivity index is 2.15. The molecule has 4 nitrogen and oxygen atoms in total. The van der Waals surface area contributed by atoms with Crippen molar-refractivity contribution in [3.05, 3.63) is 40.9 Å². The third-order valence-electron chi connectivity index (χ3n) is 2.53. The van der Waals surface area contributed by atoms with Crippen molar-refractivity contribution in [3.63, 3.8) is 0 Å². The highest BCUT2D eigenvalue weighted by Crippen LogP contribution is 2.20.